The Kier molecular flexibility index (Phi) is 7.59. The van der Waals surface area contributed by atoms with Crippen molar-refractivity contribution in [3.8, 4) is 5.75 Å². The highest BCUT2D eigenvalue weighted by Crippen LogP contribution is 2.63. The molecule has 3 aliphatic rings. The summed E-state index contributed by atoms with van der Waals surface area (Å²) in [5.74, 6) is -1.80. The molecule has 208 valence electrons. The summed E-state index contributed by atoms with van der Waals surface area (Å²) in [4.78, 5) is 43.1. The number of nitrogens with one attached hydrogen (secondary N) is 2. The Bertz CT molecular complexity index is 1240. The fourth-order valence-corrected chi connectivity index (χ4v) is 6.65. The van der Waals surface area contributed by atoms with E-state index in [2.05, 4.69) is 10.6 Å². The molecule has 3 fully saturated rings. The fourth-order valence-electron chi connectivity index (χ4n) is 6.53. The number of rotatable bonds is 10. The number of nitrogens with zero attached hydrogens (tertiary/aromatic N) is 1. The van der Waals surface area contributed by atoms with Gasteiger partial charge < -0.3 is 30.1 Å². The minimum Gasteiger partial charge on any atom is -0.494 e. The molecular formula is C29H34ClN3O6. The SMILES string of the molecule is CCOc1ccc(NC(=O)[C@@H]2[C@H]3C(=O)N(CCCCO)C(C(=O)Nc4ccc(Cl)cc4)C34CC[C@@]2(C)O4)cc1. The number of carbonyl (C=O) groups excluding carboxylic acids is 3. The summed E-state index contributed by atoms with van der Waals surface area (Å²) in [5, 5.41) is 15.7. The van der Waals surface area contributed by atoms with E-state index in [-0.39, 0.29) is 30.9 Å². The highest BCUT2D eigenvalue weighted by molar-refractivity contribution is 6.30. The average Bonchev–Trinajstić information content (AvgIpc) is 3.47. The molecule has 2 unspecified atom stereocenters. The monoisotopic (exact) mass is 555 g/mol. The van der Waals surface area contributed by atoms with Gasteiger partial charge in [-0.15, -0.1) is 0 Å². The number of amides is 3. The third-order valence-corrected chi connectivity index (χ3v) is 8.41. The number of likely N-dealkylation sites (tertiary alicyclic amines) is 1. The first-order chi connectivity index (χ1) is 18.7. The van der Waals surface area contributed by atoms with Gasteiger partial charge in [-0.25, -0.2) is 0 Å². The Morgan fingerprint density at radius 1 is 1.05 bits per heavy atom. The Hall–Kier alpha value is -3.14. The van der Waals surface area contributed by atoms with E-state index in [0.717, 1.165) is 0 Å². The van der Waals surface area contributed by atoms with Crippen molar-refractivity contribution >= 4 is 40.7 Å². The van der Waals surface area contributed by atoms with Gasteiger partial charge in [0.05, 0.1) is 24.0 Å². The summed E-state index contributed by atoms with van der Waals surface area (Å²) < 4.78 is 12.1. The third-order valence-electron chi connectivity index (χ3n) is 8.16. The van der Waals surface area contributed by atoms with E-state index in [9.17, 15) is 19.5 Å². The lowest BCUT2D eigenvalue weighted by Crippen LogP contribution is -2.53. The first-order valence-corrected chi connectivity index (χ1v) is 13.8. The molecule has 2 aromatic carbocycles. The average molecular weight is 556 g/mol. The number of aliphatic hydroxyl groups excluding tert-OH is 1. The van der Waals surface area contributed by atoms with Crippen LogP contribution in [0.1, 0.15) is 39.5 Å². The number of halogens is 1. The molecule has 5 atom stereocenters. The van der Waals surface area contributed by atoms with Gasteiger partial charge >= 0.3 is 0 Å². The summed E-state index contributed by atoms with van der Waals surface area (Å²) >= 11 is 6.00. The molecule has 39 heavy (non-hydrogen) atoms. The van der Waals surface area contributed by atoms with Crippen LogP contribution in [-0.2, 0) is 19.1 Å². The van der Waals surface area contributed by atoms with Crippen LogP contribution in [0.25, 0.3) is 0 Å². The Labute approximate surface area is 232 Å². The van der Waals surface area contributed by atoms with Crippen LogP contribution < -0.4 is 15.4 Å². The molecule has 0 radical (unpaired) electrons. The maximum absolute atomic E-state index is 14.0. The third kappa shape index (κ3) is 4.88. The molecule has 3 heterocycles. The molecule has 0 aromatic heterocycles. The minimum atomic E-state index is -1.12. The van der Waals surface area contributed by atoms with Crippen molar-refractivity contribution in [2.45, 2.75) is 56.8 Å². The van der Waals surface area contributed by atoms with Gasteiger partial charge in [0.2, 0.25) is 17.7 Å². The predicted octanol–water partition coefficient (Wildman–Crippen LogP) is 3.85. The number of aliphatic hydroxyl groups is 1. The lowest BCUT2D eigenvalue weighted by molar-refractivity contribution is -0.143. The second-order valence-corrected chi connectivity index (χ2v) is 11.1. The highest BCUT2D eigenvalue weighted by atomic mass is 35.5. The van der Waals surface area contributed by atoms with Crippen LogP contribution in [0.4, 0.5) is 11.4 Å². The van der Waals surface area contributed by atoms with Gasteiger partial charge in [-0.3, -0.25) is 14.4 Å². The van der Waals surface area contributed by atoms with Crippen LogP contribution in [-0.4, -0.2) is 64.7 Å². The number of hydrogen-bond acceptors (Lipinski definition) is 6. The number of ether oxygens (including phenoxy) is 2. The van der Waals surface area contributed by atoms with Crippen molar-refractivity contribution in [3.05, 3.63) is 53.6 Å². The van der Waals surface area contributed by atoms with Crippen molar-refractivity contribution in [3.63, 3.8) is 0 Å². The topological polar surface area (TPSA) is 117 Å². The zero-order valence-corrected chi connectivity index (χ0v) is 22.9. The van der Waals surface area contributed by atoms with Crippen LogP contribution >= 0.6 is 11.6 Å². The Balaban J connectivity index is 1.44. The van der Waals surface area contributed by atoms with Crippen molar-refractivity contribution < 1.29 is 29.0 Å². The molecule has 3 aliphatic heterocycles. The Morgan fingerprint density at radius 3 is 2.33 bits per heavy atom. The van der Waals surface area contributed by atoms with E-state index < -0.39 is 29.1 Å². The Morgan fingerprint density at radius 2 is 1.69 bits per heavy atom. The molecular weight excluding hydrogens is 522 g/mol. The van der Waals surface area contributed by atoms with E-state index in [1.165, 1.54) is 0 Å². The first-order valence-electron chi connectivity index (χ1n) is 13.4. The molecule has 0 aliphatic carbocycles. The summed E-state index contributed by atoms with van der Waals surface area (Å²) in [6, 6.07) is 12.9. The van der Waals surface area contributed by atoms with Gasteiger partial charge in [-0.05, 0) is 88.1 Å². The van der Waals surface area contributed by atoms with E-state index in [0.29, 0.717) is 54.4 Å². The molecule has 2 bridgehead atoms. The zero-order chi connectivity index (χ0) is 27.8. The lowest BCUT2D eigenvalue weighted by atomic mass is 9.66. The molecule has 2 aromatic rings. The second kappa shape index (κ2) is 10.8. The minimum absolute atomic E-state index is 0.0140. The van der Waals surface area contributed by atoms with E-state index >= 15 is 0 Å². The van der Waals surface area contributed by atoms with Crippen LogP contribution in [0.3, 0.4) is 0 Å². The summed E-state index contributed by atoms with van der Waals surface area (Å²) in [7, 11) is 0. The largest absolute Gasteiger partial charge is 0.494 e. The van der Waals surface area contributed by atoms with Crippen LogP contribution in [0.5, 0.6) is 5.75 Å². The van der Waals surface area contributed by atoms with E-state index in [4.69, 9.17) is 21.1 Å². The molecule has 5 rings (SSSR count). The van der Waals surface area contributed by atoms with Gasteiger partial charge in [-0.1, -0.05) is 11.6 Å². The number of unbranched alkanes of at least 4 members (excludes halogenated alkanes) is 1. The van der Waals surface area contributed by atoms with Crippen molar-refractivity contribution in [2.24, 2.45) is 11.8 Å². The van der Waals surface area contributed by atoms with Crippen LogP contribution in [0.15, 0.2) is 48.5 Å². The number of fused-ring (bicyclic) bond motifs is 1. The molecule has 0 saturated carbocycles. The molecule has 3 saturated heterocycles. The standard InChI is InChI=1S/C29H34ClN3O6/c1-3-38-21-12-10-20(11-13-21)31-25(35)22-23-27(37)33(16-4-5-17-34)24(29(23)15-14-28(22,2)39-29)26(36)32-19-8-6-18(30)7-9-19/h6-13,22-24,34H,3-5,14-17H2,1-2H3,(H,31,35)(H,32,36)/t22-,23-,24?,28+,29?/m0/s1. The van der Waals surface area contributed by atoms with Gasteiger partial charge in [0.15, 0.2) is 0 Å². The number of anilines is 2. The molecule has 9 nitrogen and oxygen atoms in total. The number of carbonyl (C=O) groups is 3. The molecule has 3 N–H and O–H groups in total. The van der Waals surface area contributed by atoms with Crippen LogP contribution in [0.2, 0.25) is 5.02 Å². The molecule has 1 spiro atoms. The van der Waals surface area contributed by atoms with E-state index in [1.54, 1.807) is 53.4 Å². The summed E-state index contributed by atoms with van der Waals surface area (Å²) in [5.41, 5.74) is -0.865. The van der Waals surface area contributed by atoms with Crippen LogP contribution in [0, 0.1) is 11.8 Å². The molecule has 10 heteroatoms. The smallest absolute Gasteiger partial charge is 0.250 e. The maximum atomic E-state index is 14.0. The fraction of sp³-hybridized carbons (Fsp3) is 0.483. The zero-order valence-electron chi connectivity index (χ0n) is 22.1. The quantitative estimate of drug-likeness (QED) is 0.383. The van der Waals surface area contributed by atoms with Gasteiger partial charge in [-0.2, -0.15) is 0 Å². The number of benzene rings is 2. The second-order valence-electron chi connectivity index (χ2n) is 10.6. The molecule has 3 amide bonds. The maximum Gasteiger partial charge on any atom is 0.250 e. The van der Waals surface area contributed by atoms with Gasteiger partial charge in [0.25, 0.3) is 0 Å². The van der Waals surface area contributed by atoms with E-state index in [1.807, 2.05) is 13.8 Å². The van der Waals surface area contributed by atoms with Gasteiger partial charge in [0, 0.05) is 29.5 Å². The summed E-state index contributed by atoms with van der Waals surface area (Å²) in [6.45, 7) is 4.57. The predicted molar refractivity (Wildman–Crippen MR) is 147 cm³/mol. The van der Waals surface area contributed by atoms with Crippen molar-refractivity contribution in [1.29, 1.82) is 0 Å². The normalized spacial score (nSPS) is 28.9. The van der Waals surface area contributed by atoms with Crippen molar-refractivity contribution in [1.82, 2.24) is 4.90 Å². The lowest BCUT2D eigenvalue weighted by Gasteiger charge is -2.33. The highest BCUT2D eigenvalue weighted by Gasteiger charge is 2.77. The van der Waals surface area contributed by atoms with Gasteiger partial charge in [0.1, 0.15) is 17.4 Å². The summed E-state index contributed by atoms with van der Waals surface area (Å²) in [6.07, 6.45) is 2.05. The van der Waals surface area contributed by atoms with Crippen molar-refractivity contribution in [2.75, 3.05) is 30.4 Å². The number of hydrogen-bond donors (Lipinski definition) is 3. The first kappa shape index (κ1) is 27.4.